The predicted molar refractivity (Wildman–Crippen MR) is 104 cm³/mol. The Hall–Kier alpha value is -3.80. The molecule has 0 bridgehead atoms. The molecule has 6 nitrogen and oxygen atoms in total. The molecule has 4 rings (SSSR count). The highest BCUT2D eigenvalue weighted by Crippen LogP contribution is 2.26. The van der Waals surface area contributed by atoms with E-state index in [0.717, 1.165) is 16.3 Å². The van der Waals surface area contributed by atoms with Gasteiger partial charge in [-0.1, -0.05) is 54.6 Å². The van der Waals surface area contributed by atoms with Gasteiger partial charge in [-0.25, -0.2) is 4.68 Å². The van der Waals surface area contributed by atoms with Gasteiger partial charge in [-0.2, -0.15) is 5.10 Å². The van der Waals surface area contributed by atoms with E-state index in [1.807, 2.05) is 42.5 Å². The summed E-state index contributed by atoms with van der Waals surface area (Å²) in [5.74, 6) is 0. The highest BCUT2D eigenvalue weighted by atomic mass is 16.6. The van der Waals surface area contributed by atoms with Crippen molar-refractivity contribution in [2.24, 2.45) is 0 Å². The lowest BCUT2D eigenvalue weighted by Gasteiger charge is -2.09. The third-order valence-corrected chi connectivity index (χ3v) is 4.39. The standard InChI is InChI=1S/C21H15N3O3/c25-21-12-11-20(19-10-4-7-16-6-1-2-9-18(16)19)22-23(21)14-15-5-3-8-17(13-15)24(26)27/h1-13H,14H2. The summed E-state index contributed by atoms with van der Waals surface area (Å²) in [6.45, 7) is 0.166. The van der Waals surface area contributed by atoms with Gasteiger partial charge < -0.3 is 0 Å². The number of aromatic nitrogens is 2. The molecule has 0 aliphatic carbocycles. The second-order valence-electron chi connectivity index (χ2n) is 6.17. The molecule has 0 radical (unpaired) electrons. The monoisotopic (exact) mass is 357 g/mol. The van der Waals surface area contributed by atoms with Crippen molar-refractivity contribution in [3.05, 3.63) is 105 Å². The SMILES string of the molecule is O=c1ccc(-c2cccc3ccccc23)nn1Cc1cccc([N+](=O)[O-])c1. The van der Waals surface area contributed by atoms with Crippen LogP contribution in [-0.2, 0) is 6.54 Å². The zero-order valence-electron chi connectivity index (χ0n) is 14.3. The van der Waals surface area contributed by atoms with Crippen molar-refractivity contribution >= 4 is 16.5 Å². The lowest BCUT2D eigenvalue weighted by Crippen LogP contribution is -2.22. The van der Waals surface area contributed by atoms with E-state index in [1.54, 1.807) is 18.2 Å². The van der Waals surface area contributed by atoms with Crippen molar-refractivity contribution in [2.75, 3.05) is 0 Å². The highest BCUT2D eigenvalue weighted by molar-refractivity contribution is 5.95. The van der Waals surface area contributed by atoms with Crippen LogP contribution >= 0.6 is 0 Å². The Bertz CT molecular complexity index is 1210. The molecule has 0 amide bonds. The van der Waals surface area contributed by atoms with Crippen LogP contribution in [0.4, 0.5) is 5.69 Å². The molecule has 6 heteroatoms. The molecular formula is C21H15N3O3. The van der Waals surface area contributed by atoms with Crippen molar-refractivity contribution in [3.8, 4) is 11.3 Å². The lowest BCUT2D eigenvalue weighted by atomic mass is 10.0. The summed E-state index contributed by atoms with van der Waals surface area (Å²) in [5, 5.41) is 17.6. The Balaban J connectivity index is 1.77. The number of hydrogen-bond acceptors (Lipinski definition) is 4. The van der Waals surface area contributed by atoms with Crippen molar-refractivity contribution in [2.45, 2.75) is 6.54 Å². The third-order valence-electron chi connectivity index (χ3n) is 4.39. The molecule has 0 saturated carbocycles. The number of nitro benzene ring substituents is 1. The molecule has 0 N–H and O–H groups in total. The van der Waals surface area contributed by atoms with E-state index in [1.165, 1.54) is 22.9 Å². The van der Waals surface area contributed by atoms with Gasteiger partial charge in [0, 0.05) is 23.8 Å². The number of nitro groups is 1. The van der Waals surface area contributed by atoms with E-state index in [0.29, 0.717) is 11.3 Å². The molecule has 0 spiro atoms. The molecule has 0 saturated heterocycles. The molecule has 1 heterocycles. The van der Waals surface area contributed by atoms with Crippen LogP contribution in [0.5, 0.6) is 0 Å². The minimum Gasteiger partial charge on any atom is -0.268 e. The first-order valence-electron chi connectivity index (χ1n) is 8.41. The summed E-state index contributed by atoms with van der Waals surface area (Å²) in [7, 11) is 0. The fourth-order valence-electron chi connectivity index (χ4n) is 3.10. The Morgan fingerprint density at radius 3 is 2.56 bits per heavy atom. The van der Waals surface area contributed by atoms with E-state index in [-0.39, 0.29) is 17.8 Å². The minimum atomic E-state index is -0.452. The van der Waals surface area contributed by atoms with Crippen LogP contribution < -0.4 is 5.56 Å². The number of nitrogens with zero attached hydrogens (tertiary/aromatic N) is 3. The van der Waals surface area contributed by atoms with Gasteiger partial charge in [0.05, 0.1) is 17.2 Å². The molecule has 4 aromatic rings. The summed E-state index contributed by atoms with van der Waals surface area (Å²) < 4.78 is 1.33. The predicted octanol–water partition coefficient (Wildman–Crippen LogP) is 4.02. The molecule has 3 aromatic carbocycles. The van der Waals surface area contributed by atoms with Crippen LogP contribution in [0.3, 0.4) is 0 Å². The fourth-order valence-corrected chi connectivity index (χ4v) is 3.10. The molecule has 0 unspecified atom stereocenters. The van der Waals surface area contributed by atoms with Crippen molar-refractivity contribution < 1.29 is 4.92 Å². The number of benzene rings is 3. The van der Waals surface area contributed by atoms with Crippen LogP contribution in [0.2, 0.25) is 0 Å². The zero-order chi connectivity index (χ0) is 18.8. The first-order chi connectivity index (χ1) is 13.1. The first kappa shape index (κ1) is 16.7. The summed E-state index contributed by atoms with van der Waals surface area (Å²) >= 11 is 0. The normalized spacial score (nSPS) is 10.8. The summed E-state index contributed by atoms with van der Waals surface area (Å²) in [4.78, 5) is 22.8. The van der Waals surface area contributed by atoms with E-state index < -0.39 is 4.92 Å². The molecule has 1 aromatic heterocycles. The Morgan fingerprint density at radius 1 is 0.926 bits per heavy atom. The molecule has 0 atom stereocenters. The number of rotatable bonds is 4. The molecule has 27 heavy (non-hydrogen) atoms. The highest BCUT2D eigenvalue weighted by Gasteiger charge is 2.10. The summed E-state index contributed by atoms with van der Waals surface area (Å²) in [5.41, 5.74) is 1.99. The number of non-ortho nitro benzene ring substituents is 1. The Morgan fingerprint density at radius 2 is 1.70 bits per heavy atom. The van der Waals surface area contributed by atoms with E-state index >= 15 is 0 Å². The van der Waals surface area contributed by atoms with Crippen molar-refractivity contribution in [1.82, 2.24) is 9.78 Å². The van der Waals surface area contributed by atoms with E-state index in [9.17, 15) is 14.9 Å². The topological polar surface area (TPSA) is 78.0 Å². The number of hydrogen-bond donors (Lipinski definition) is 0. The molecule has 0 fully saturated rings. The van der Waals surface area contributed by atoms with Gasteiger partial charge in [0.1, 0.15) is 0 Å². The van der Waals surface area contributed by atoms with Crippen LogP contribution in [0.15, 0.2) is 83.7 Å². The van der Waals surface area contributed by atoms with Gasteiger partial charge in [0.2, 0.25) is 0 Å². The van der Waals surface area contributed by atoms with Gasteiger partial charge in [-0.05, 0) is 22.4 Å². The van der Waals surface area contributed by atoms with Gasteiger partial charge in [0.25, 0.3) is 11.2 Å². The maximum absolute atomic E-state index is 12.3. The average Bonchev–Trinajstić information content (AvgIpc) is 2.69. The van der Waals surface area contributed by atoms with Crippen LogP contribution in [-0.4, -0.2) is 14.7 Å². The van der Waals surface area contributed by atoms with E-state index in [4.69, 9.17) is 0 Å². The van der Waals surface area contributed by atoms with Gasteiger partial charge in [-0.3, -0.25) is 14.9 Å². The fraction of sp³-hybridized carbons (Fsp3) is 0.0476. The Kier molecular flexibility index (Phi) is 4.22. The maximum atomic E-state index is 12.3. The van der Waals surface area contributed by atoms with Gasteiger partial charge in [-0.15, -0.1) is 0 Å². The maximum Gasteiger partial charge on any atom is 0.269 e. The summed E-state index contributed by atoms with van der Waals surface area (Å²) in [6.07, 6.45) is 0. The second-order valence-corrected chi connectivity index (χ2v) is 6.17. The molecule has 132 valence electrons. The molecule has 0 aliphatic rings. The van der Waals surface area contributed by atoms with Crippen LogP contribution in [0.1, 0.15) is 5.56 Å². The summed E-state index contributed by atoms with van der Waals surface area (Å²) in [6, 6.07) is 23.3. The quantitative estimate of drug-likeness (QED) is 0.408. The Labute approximate surface area is 154 Å². The largest absolute Gasteiger partial charge is 0.269 e. The third kappa shape index (κ3) is 3.32. The second kappa shape index (κ2) is 6.84. The van der Waals surface area contributed by atoms with Gasteiger partial charge in [0.15, 0.2) is 0 Å². The zero-order valence-corrected chi connectivity index (χ0v) is 14.3. The molecule has 0 aliphatic heterocycles. The molecular weight excluding hydrogens is 342 g/mol. The smallest absolute Gasteiger partial charge is 0.268 e. The van der Waals surface area contributed by atoms with Crippen molar-refractivity contribution in [1.29, 1.82) is 0 Å². The first-order valence-corrected chi connectivity index (χ1v) is 8.41. The van der Waals surface area contributed by atoms with E-state index in [2.05, 4.69) is 5.10 Å². The van der Waals surface area contributed by atoms with Crippen molar-refractivity contribution in [3.63, 3.8) is 0 Å². The van der Waals surface area contributed by atoms with Crippen LogP contribution in [0, 0.1) is 10.1 Å². The van der Waals surface area contributed by atoms with Gasteiger partial charge >= 0.3 is 0 Å². The average molecular weight is 357 g/mol. The van der Waals surface area contributed by atoms with Crippen LogP contribution in [0.25, 0.3) is 22.0 Å². The number of fused-ring (bicyclic) bond motifs is 1. The lowest BCUT2D eigenvalue weighted by molar-refractivity contribution is -0.384. The minimum absolute atomic E-state index is 0.00856.